The molecule has 1 aliphatic rings. The van der Waals surface area contributed by atoms with E-state index in [0.717, 1.165) is 32.5 Å². The SMILES string of the molecule is CCN1CCC(Nc2cc(C(=O)O)ccc2F)CC1. The van der Waals surface area contributed by atoms with E-state index in [2.05, 4.69) is 17.1 Å². The molecule has 0 bridgehead atoms. The van der Waals surface area contributed by atoms with Gasteiger partial charge in [-0.15, -0.1) is 0 Å². The first-order valence-corrected chi connectivity index (χ1v) is 6.62. The summed E-state index contributed by atoms with van der Waals surface area (Å²) in [7, 11) is 0. The Balaban J connectivity index is 2.03. The number of aromatic carboxylic acids is 1. The summed E-state index contributed by atoms with van der Waals surface area (Å²) in [5, 5.41) is 12.0. The van der Waals surface area contributed by atoms with Gasteiger partial charge >= 0.3 is 5.97 Å². The van der Waals surface area contributed by atoms with Gasteiger partial charge in [-0.05, 0) is 37.6 Å². The number of nitrogens with zero attached hydrogens (tertiary/aromatic N) is 1. The predicted molar refractivity (Wildman–Crippen MR) is 72.1 cm³/mol. The van der Waals surface area contributed by atoms with Gasteiger partial charge < -0.3 is 15.3 Å². The van der Waals surface area contributed by atoms with Crippen LogP contribution in [-0.4, -0.2) is 41.7 Å². The molecule has 0 amide bonds. The molecule has 0 aliphatic carbocycles. The molecule has 1 heterocycles. The molecule has 1 aromatic rings. The van der Waals surface area contributed by atoms with Gasteiger partial charge in [0.25, 0.3) is 0 Å². The first kappa shape index (κ1) is 13.8. The molecular formula is C14H19FN2O2. The summed E-state index contributed by atoms with van der Waals surface area (Å²) in [5.41, 5.74) is 0.393. The van der Waals surface area contributed by atoms with E-state index in [9.17, 15) is 9.18 Å². The molecule has 0 aromatic heterocycles. The van der Waals surface area contributed by atoms with Crippen LogP contribution in [0.2, 0.25) is 0 Å². The van der Waals surface area contributed by atoms with Gasteiger partial charge in [-0.2, -0.15) is 0 Å². The van der Waals surface area contributed by atoms with E-state index in [-0.39, 0.29) is 17.3 Å². The molecule has 0 atom stereocenters. The molecule has 1 aromatic carbocycles. The average Bonchev–Trinajstić information content (AvgIpc) is 2.42. The van der Waals surface area contributed by atoms with Crippen molar-refractivity contribution in [2.45, 2.75) is 25.8 Å². The van der Waals surface area contributed by atoms with E-state index in [1.807, 2.05) is 0 Å². The van der Waals surface area contributed by atoms with Crippen molar-refractivity contribution in [3.8, 4) is 0 Å². The minimum Gasteiger partial charge on any atom is -0.478 e. The minimum atomic E-state index is -1.04. The molecule has 1 saturated heterocycles. The first-order chi connectivity index (χ1) is 9.10. The van der Waals surface area contributed by atoms with Crippen molar-refractivity contribution in [1.82, 2.24) is 4.90 Å². The van der Waals surface area contributed by atoms with Gasteiger partial charge in [0.15, 0.2) is 0 Å². The monoisotopic (exact) mass is 266 g/mol. The van der Waals surface area contributed by atoms with Crippen LogP contribution in [0, 0.1) is 5.82 Å². The molecule has 0 radical (unpaired) electrons. The van der Waals surface area contributed by atoms with Gasteiger partial charge in [0.2, 0.25) is 0 Å². The third kappa shape index (κ3) is 3.44. The van der Waals surface area contributed by atoms with E-state index in [1.54, 1.807) is 0 Å². The maximum absolute atomic E-state index is 13.7. The Bertz CT molecular complexity index is 457. The molecule has 0 spiro atoms. The number of benzene rings is 1. The lowest BCUT2D eigenvalue weighted by Crippen LogP contribution is -2.39. The highest BCUT2D eigenvalue weighted by molar-refractivity contribution is 5.88. The molecule has 4 nitrogen and oxygen atoms in total. The highest BCUT2D eigenvalue weighted by atomic mass is 19.1. The van der Waals surface area contributed by atoms with E-state index in [0.29, 0.717) is 0 Å². The number of rotatable bonds is 4. The smallest absolute Gasteiger partial charge is 0.335 e. The average molecular weight is 266 g/mol. The van der Waals surface area contributed by atoms with Crippen molar-refractivity contribution in [2.24, 2.45) is 0 Å². The van der Waals surface area contributed by atoms with Crippen molar-refractivity contribution in [2.75, 3.05) is 25.0 Å². The molecule has 19 heavy (non-hydrogen) atoms. The minimum absolute atomic E-state index is 0.106. The lowest BCUT2D eigenvalue weighted by atomic mass is 10.0. The van der Waals surface area contributed by atoms with Crippen molar-refractivity contribution in [1.29, 1.82) is 0 Å². The van der Waals surface area contributed by atoms with Crippen LogP contribution in [0.1, 0.15) is 30.1 Å². The van der Waals surface area contributed by atoms with E-state index < -0.39 is 11.8 Å². The fourth-order valence-electron chi connectivity index (χ4n) is 2.38. The summed E-state index contributed by atoms with van der Waals surface area (Å²) in [6, 6.07) is 4.06. The number of likely N-dealkylation sites (tertiary alicyclic amines) is 1. The fourth-order valence-corrected chi connectivity index (χ4v) is 2.38. The Kier molecular flexibility index (Phi) is 4.37. The molecule has 2 rings (SSSR count). The highest BCUT2D eigenvalue weighted by Gasteiger charge is 2.19. The number of carboxylic acid groups (broad SMARTS) is 1. The Hall–Kier alpha value is -1.62. The van der Waals surface area contributed by atoms with Gasteiger partial charge in [-0.1, -0.05) is 6.92 Å². The van der Waals surface area contributed by atoms with Crippen molar-refractivity contribution < 1.29 is 14.3 Å². The molecular weight excluding hydrogens is 247 g/mol. The number of hydrogen-bond acceptors (Lipinski definition) is 3. The summed E-state index contributed by atoms with van der Waals surface area (Å²) in [6.07, 6.45) is 1.90. The molecule has 0 unspecified atom stereocenters. The van der Waals surface area contributed by atoms with Gasteiger partial charge in [-0.25, -0.2) is 9.18 Å². The third-order valence-corrected chi connectivity index (χ3v) is 3.61. The molecule has 104 valence electrons. The van der Waals surface area contributed by atoms with Crippen molar-refractivity contribution >= 4 is 11.7 Å². The van der Waals surface area contributed by atoms with Crippen LogP contribution < -0.4 is 5.32 Å². The van der Waals surface area contributed by atoms with Crippen molar-refractivity contribution in [3.05, 3.63) is 29.6 Å². The first-order valence-electron chi connectivity index (χ1n) is 6.62. The third-order valence-electron chi connectivity index (χ3n) is 3.61. The Morgan fingerprint density at radius 1 is 1.47 bits per heavy atom. The number of halogens is 1. The Morgan fingerprint density at radius 3 is 2.74 bits per heavy atom. The van der Waals surface area contributed by atoms with Crippen LogP contribution in [-0.2, 0) is 0 Å². The molecule has 1 aliphatic heterocycles. The van der Waals surface area contributed by atoms with Gasteiger partial charge in [0.05, 0.1) is 11.3 Å². The van der Waals surface area contributed by atoms with E-state index in [4.69, 9.17) is 5.11 Å². The second kappa shape index (κ2) is 6.02. The lowest BCUT2D eigenvalue weighted by molar-refractivity contribution is 0.0697. The van der Waals surface area contributed by atoms with E-state index in [1.165, 1.54) is 18.2 Å². The molecule has 5 heteroatoms. The maximum atomic E-state index is 13.7. The number of carbonyl (C=O) groups is 1. The Morgan fingerprint density at radius 2 is 2.16 bits per heavy atom. The van der Waals surface area contributed by atoms with Crippen LogP contribution in [0.4, 0.5) is 10.1 Å². The quantitative estimate of drug-likeness (QED) is 0.878. The highest BCUT2D eigenvalue weighted by Crippen LogP contribution is 2.21. The molecule has 0 saturated carbocycles. The van der Waals surface area contributed by atoms with Gasteiger partial charge in [0.1, 0.15) is 5.82 Å². The topological polar surface area (TPSA) is 52.6 Å². The zero-order chi connectivity index (χ0) is 13.8. The summed E-state index contributed by atoms with van der Waals surface area (Å²) in [5.74, 6) is -1.44. The lowest BCUT2D eigenvalue weighted by Gasteiger charge is -2.32. The second-order valence-electron chi connectivity index (χ2n) is 4.85. The van der Waals surface area contributed by atoms with Crippen molar-refractivity contribution in [3.63, 3.8) is 0 Å². The maximum Gasteiger partial charge on any atom is 0.335 e. The summed E-state index contributed by atoms with van der Waals surface area (Å²) in [4.78, 5) is 13.2. The standard InChI is InChI=1S/C14H19FN2O2/c1-2-17-7-5-11(6-8-17)16-13-9-10(14(18)19)3-4-12(13)15/h3-4,9,11,16H,2,5-8H2,1H3,(H,18,19). The summed E-state index contributed by atoms with van der Waals surface area (Å²) < 4.78 is 13.7. The van der Waals surface area contributed by atoms with Crippen LogP contribution in [0.15, 0.2) is 18.2 Å². The molecule has 1 fully saturated rings. The van der Waals surface area contributed by atoms with Crippen LogP contribution in [0.3, 0.4) is 0 Å². The summed E-state index contributed by atoms with van der Waals surface area (Å²) in [6.45, 7) is 5.15. The fraction of sp³-hybridized carbons (Fsp3) is 0.500. The number of anilines is 1. The number of carboxylic acids is 1. The van der Waals surface area contributed by atoms with Gasteiger partial charge in [-0.3, -0.25) is 0 Å². The number of hydrogen-bond donors (Lipinski definition) is 2. The second-order valence-corrected chi connectivity index (χ2v) is 4.85. The zero-order valence-electron chi connectivity index (χ0n) is 11.0. The van der Waals surface area contributed by atoms with Gasteiger partial charge in [0, 0.05) is 19.1 Å². The van der Waals surface area contributed by atoms with E-state index >= 15 is 0 Å². The normalized spacial score (nSPS) is 17.4. The van der Waals surface area contributed by atoms with Crippen LogP contribution in [0.5, 0.6) is 0 Å². The Labute approximate surface area is 112 Å². The number of piperidine rings is 1. The predicted octanol–water partition coefficient (Wildman–Crippen LogP) is 2.42. The van der Waals surface area contributed by atoms with Crippen LogP contribution in [0.25, 0.3) is 0 Å². The summed E-state index contributed by atoms with van der Waals surface area (Å²) >= 11 is 0. The number of nitrogens with one attached hydrogen (secondary N) is 1. The molecule has 2 N–H and O–H groups in total. The van der Waals surface area contributed by atoms with Crippen LogP contribution >= 0.6 is 0 Å². The zero-order valence-corrected chi connectivity index (χ0v) is 11.0. The largest absolute Gasteiger partial charge is 0.478 e.